The Morgan fingerprint density at radius 2 is 1.78 bits per heavy atom. The smallest absolute Gasteiger partial charge is 0.193 e. The maximum absolute atomic E-state index is 5.97. The van der Waals surface area contributed by atoms with Crippen molar-refractivity contribution in [1.82, 2.24) is 10.2 Å². The van der Waals surface area contributed by atoms with Crippen LogP contribution in [0.3, 0.4) is 0 Å². The van der Waals surface area contributed by atoms with Gasteiger partial charge in [0.05, 0.1) is 6.10 Å². The fourth-order valence-corrected chi connectivity index (χ4v) is 4.15. The van der Waals surface area contributed by atoms with Crippen molar-refractivity contribution in [3.05, 3.63) is 0 Å². The van der Waals surface area contributed by atoms with Crippen molar-refractivity contribution in [3.63, 3.8) is 0 Å². The molecule has 0 radical (unpaired) electrons. The number of rotatable bonds is 10. The summed E-state index contributed by atoms with van der Waals surface area (Å²) in [7, 11) is 1.75. The maximum atomic E-state index is 5.97. The van der Waals surface area contributed by atoms with E-state index < -0.39 is 0 Å². The Balaban J connectivity index is 0.00000364. The Labute approximate surface area is 184 Å². The van der Waals surface area contributed by atoms with E-state index in [0.717, 1.165) is 70.5 Å². The summed E-state index contributed by atoms with van der Waals surface area (Å²) in [6.07, 6.45) is 13.4. The molecule has 160 valence electrons. The van der Waals surface area contributed by atoms with Crippen molar-refractivity contribution in [3.8, 4) is 0 Å². The van der Waals surface area contributed by atoms with Crippen LogP contribution in [-0.2, 0) is 9.47 Å². The lowest BCUT2D eigenvalue weighted by atomic mass is 9.86. The monoisotopic (exact) mass is 495 g/mol. The van der Waals surface area contributed by atoms with Crippen LogP contribution in [0.2, 0.25) is 0 Å². The Hall–Kier alpha value is -0.0800. The second kappa shape index (κ2) is 15.8. The lowest BCUT2D eigenvalue weighted by Crippen LogP contribution is -2.47. The van der Waals surface area contributed by atoms with Crippen LogP contribution in [0.4, 0.5) is 0 Å². The van der Waals surface area contributed by atoms with Gasteiger partial charge in [-0.2, -0.15) is 0 Å². The molecular weight excluding hydrogens is 453 g/mol. The molecule has 5 nitrogen and oxygen atoms in total. The van der Waals surface area contributed by atoms with Gasteiger partial charge in [-0.25, -0.2) is 0 Å². The number of methoxy groups -OCH3 is 1. The first-order valence-corrected chi connectivity index (χ1v) is 11.0. The fourth-order valence-electron chi connectivity index (χ4n) is 4.15. The molecule has 1 heterocycles. The summed E-state index contributed by atoms with van der Waals surface area (Å²) < 4.78 is 11.1. The number of likely N-dealkylation sites (tertiary alicyclic amines) is 1. The van der Waals surface area contributed by atoms with Gasteiger partial charge in [-0.1, -0.05) is 32.1 Å². The van der Waals surface area contributed by atoms with Gasteiger partial charge in [0.15, 0.2) is 5.96 Å². The minimum Gasteiger partial charge on any atom is -0.385 e. The van der Waals surface area contributed by atoms with E-state index in [4.69, 9.17) is 14.5 Å². The summed E-state index contributed by atoms with van der Waals surface area (Å²) in [5.41, 5.74) is 0. The quantitative estimate of drug-likeness (QED) is 0.211. The van der Waals surface area contributed by atoms with Crippen molar-refractivity contribution < 1.29 is 9.47 Å². The molecule has 0 spiro atoms. The number of nitrogens with zero attached hydrogens (tertiary/aromatic N) is 2. The van der Waals surface area contributed by atoms with Crippen molar-refractivity contribution in [2.24, 2.45) is 10.9 Å². The third-order valence-electron chi connectivity index (χ3n) is 5.68. The fraction of sp³-hybridized carbons (Fsp3) is 0.952. The Morgan fingerprint density at radius 1 is 1.04 bits per heavy atom. The second-order valence-corrected chi connectivity index (χ2v) is 7.79. The molecule has 6 heteroatoms. The van der Waals surface area contributed by atoms with E-state index in [2.05, 4.69) is 17.1 Å². The first-order valence-electron chi connectivity index (χ1n) is 11.0. The summed E-state index contributed by atoms with van der Waals surface area (Å²) >= 11 is 0. The van der Waals surface area contributed by atoms with Crippen molar-refractivity contribution in [1.29, 1.82) is 0 Å². The van der Waals surface area contributed by atoms with Crippen LogP contribution in [0.25, 0.3) is 0 Å². The van der Waals surface area contributed by atoms with Crippen LogP contribution in [0.1, 0.15) is 71.1 Å². The Morgan fingerprint density at radius 3 is 2.44 bits per heavy atom. The van der Waals surface area contributed by atoms with Gasteiger partial charge in [-0.15, -0.1) is 24.0 Å². The van der Waals surface area contributed by atoms with E-state index in [9.17, 15) is 0 Å². The normalized spacial score (nSPS) is 19.8. The van der Waals surface area contributed by atoms with Crippen LogP contribution in [0.5, 0.6) is 0 Å². The number of piperidine rings is 1. The SMILES string of the molecule is CCNC(=NCCCC1CCCCC1)N1CCC(OCCCOC)CC1.I. The highest BCUT2D eigenvalue weighted by atomic mass is 127. The van der Waals surface area contributed by atoms with Gasteiger partial charge < -0.3 is 19.7 Å². The highest BCUT2D eigenvalue weighted by molar-refractivity contribution is 14.0. The summed E-state index contributed by atoms with van der Waals surface area (Å²) in [6, 6.07) is 0. The molecule has 0 aromatic heterocycles. The van der Waals surface area contributed by atoms with Crippen LogP contribution in [0, 0.1) is 5.92 Å². The molecule has 0 unspecified atom stereocenters. The van der Waals surface area contributed by atoms with Crippen LogP contribution < -0.4 is 5.32 Å². The molecule has 1 saturated carbocycles. The molecule has 1 saturated heterocycles. The van der Waals surface area contributed by atoms with E-state index in [-0.39, 0.29) is 24.0 Å². The van der Waals surface area contributed by atoms with Gasteiger partial charge in [0.2, 0.25) is 0 Å². The van der Waals surface area contributed by atoms with Gasteiger partial charge in [0, 0.05) is 46.5 Å². The van der Waals surface area contributed by atoms with Crippen LogP contribution in [-0.4, -0.2) is 63.5 Å². The molecule has 0 aromatic carbocycles. The van der Waals surface area contributed by atoms with Gasteiger partial charge in [0.1, 0.15) is 0 Å². The molecule has 1 N–H and O–H groups in total. The first kappa shape index (κ1) is 25.0. The minimum absolute atomic E-state index is 0. The van der Waals surface area contributed by atoms with E-state index in [1.165, 1.54) is 44.9 Å². The summed E-state index contributed by atoms with van der Waals surface area (Å²) in [5.74, 6) is 2.07. The highest BCUT2D eigenvalue weighted by Gasteiger charge is 2.21. The number of nitrogens with one attached hydrogen (secondary N) is 1. The Bertz CT molecular complexity index is 382. The lowest BCUT2D eigenvalue weighted by Gasteiger charge is -2.34. The highest BCUT2D eigenvalue weighted by Crippen LogP contribution is 2.27. The zero-order valence-electron chi connectivity index (χ0n) is 17.6. The molecule has 2 aliphatic rings. The summed E-state index contributed by atoms with van der Waals surface area (Å²) in [6.45, 7) is 7.75. The predicted molar refractivity (Wildman–Crippen MR) is 124 cm³/mol. The first-order chi connectivity index (χ1) is 12.8. The average molecular weight is 495 g/mol. The predicted octanol–water partition coefficient (Wildman–Crippen LogP) is 4.45. The molecule has 1 aliphatic heterocycles. The molecule has 27 heavy (non-hydrogen) atoms. The molecule has 2 fully saturated rings. The topological polar surface area (TPSA) is 46.1 Å². The molecule has 0 amide bonds. The number of hydrogen-bond donors (Lipinski definition) is 1. The molecule has 0 bridgehead atoms. The largest absolute Gasteiger partial charge is 0.385 e. The molecule has 0 atom stereocenters. The summed E-state index contributed by atoms with van der Waals surface area (Å²) in [5, 5.41) is 3.48. The van der Waals surface area contributed by atoms with E-state index in [1.54, 1.807) is 7.11 Å². The van der Waals surface area contributed by atoms with Crippen molar-refractivity contribution >= 4 is 29.9 Å². The van der Waals surface area contributed by atoms with E-state index in [0.29, 0.717) is 6.10 Å². The van der Waals surface area contributed by atoms with Gasteiger partial charge in [-0.05, 0) is 44.9 Å². The number of ether oxygens (including phenoxy) is 2. The molecule has 2 rings (SSSR count). The van der Waals surface area contributed by atoms with Crippen molar-refractivity contribution in [2.75, 3.05) is 46.5 Å². The number of aliphatic imine (C=N–C) groups is 1. The van der Waals surface area contributed by atoms with Crippen LogP contribution in [0.15, 0.2) is 4.99 Å². The molecule has 1 aliphatic carbocycles. The number of halogens is 1. The number of guanidine groups is 1. The Kier molecular flexibility index (Phi) is 14.6. The third kappa shape index (κ3) is 10.3. The summed E-state index contributed by atoms with van der Waals surface area (Å²) in [4.78, 5) is 7.32. The van der Waals surface area contributed by atoms with E-state index in [1.807, 2.05) is 0 Å². The lowest BCUT2D eigenvalue weighted by molar-refractivity contribution is 0.00990. The number of hydrogen-bond acceptors (Lipinski definition) is 3. The second-order valence-electron chi connectivity index (χ2n) is 7.79. The maximum Gasteiger partial charge on any atom is 0.193 e. The van der Waals surface area contributed by atoms with Gasteiger partial charge >= 0.3 is 0 Å². The van der Waals surface area contributed by atoms with Crippen molar-refractivity contribution in [2.45, 2.75) is 77.2 Å². The molecular formula is C21H42IN3O2. The molecule has 0 aromatic rings. The van der Waals surface area contributed by atoms with Crippen LogP contribution >= 0.6 is 24.0 Å². The zero-order chi connectivity index (χ0) is 18.5. The van der Waals surface area contributed by atoms with Gasteiger partial charge in [0.25, 0.3) is 0 Å². The van der Waals surface area contributed by atoms with E-state index >= 15 is 0 Å². The zero-order valence-corrected chi connectivity index (χ0v) is 19.9. The average Bonchev–Trinajstić information content (AvgIpc) is 2.69. The third-order valence-corrected chi connectivity index (χ3v) is 5.68. The van der Waals surface area contributed by atoms with Gasteiger partial charge in [-0.3, -0.25) is 4.99 Å². The standard InChI is InChI=1S/C21H41N3O2.HI/c1-3-22-21(23-14-7-11-19-9-5-4-6-10-19)24-15-12-20(13-16-24)26-18-8-17-25-2;/h19-20H,3-18H2,1-2H3,(H,22,23);1H. The minimum atomic E-state index is 0.